The Labute approximate surface area is 205 Å². The first-order chi connectivity index (χ1) is 17.0. The van der Waals surface area contributed by atoms with Crippen molar-refractivity contribution < 1.29 is 9.59 Å². The van der Waals surface area contributed by atoms with E-state index in [0.717, 1.165) is 27.9 Å². The van der Waals surface area contributed by atoms with Gasteiger partial charge in [0, 0.05) is 18.7 Å². The number of hydrogen-bond donors (Lipinski definition) is 1. The van der Waals surface area contributed by atoms with Crippen LogP contribution in [0.3, 0.4) is 0 Å². The van der Waals surface area contributed by atoms with Gasteiger partial charge in [-0.3, -0.25) is 14.3 Å². The molecule has 0 bridgehead atoms. The summed E-state index contributed by atoms with van der Waals surface area (Å²) in [6.45, 7) is 4.85. The molecular formula is C29H28N4O2. The van der Waals surface area contributed by atoms with Gasteiger partial charge in [-0.1, -0.05) is 84.9 Å². The van der Waals surface area contributed by atoms with Crippen LogP contribution in [0.1, 0.15) is 34.1 Å². The van der Waals surface area contributed by atoms with Crippen LogP contribution in [0.2, 0.25) is 0 Å². The van der Waals surface area contributed by atoms with Crippen LogP contribution in [-0.4, -0.2) is 32.0 Å². The van der Waals surface area contributed by atoms with Gasteiger partial charge in [0.15, 0.2) is 0 Å². The standard InChI is InChI=1S/C29H28N4O2/c1-21-11-9-10-16-24(21)19-32-27(34)26-17-25(23-14-7-4-8-15-23)31-33(26)20-29(32,2)28(35)30-18-22-12-5-3-6-13-22/h3-17H,18-20H2,1-2H3,(H,30,35)/t29-/m1/s1. The molecule has 6 nitrogen and oxygen atoms in total. The van der Waals surface area contributed by atoms with E-state index in [2.05, 4.69) is 5.32 Å². The highest BCUT2D eigenvalue weighted by Gasteiger charge is 2.48. The van der Waals surface area contributed by atoms with E-state index in [1.807, 2.05) is 105 Å². The summed E-state index contributed by atoms with van der Waals surface area (Å²) in [6.07, 6.45) is 0. The van der Waals surface area contributed by atoms with E-state index < -0.39 is 5.54 Å². The summed E-state index contributed by atoms with van der Waals surface area (Å²) in [5.74, 6) is -0.405. The van der Waals surface area contributed by atoms with Crippen LogP contribution in [0.25, 0.3) is 11.3 Å². The summed E-state index contributed by atoms with van der Waals surface area (Å²) in [4.78, 5) is 29.2. The molecular weight excluding hydrogens is 436 g/mol. The van der Waals surface area contributed by atoms with Crippen LogP contribution >= 0.6 is 0 Å². The molecule has 0 spiro atoms. The highest BCUT2D eigenvalue weighted by atomic mass is 16.2. The number of aryl methyl sites for hydroxylation is 1. The van der Waals surface area contributed by atoms with Crippen LogP contribution in [-0.2, 0) is 24.4 Å². The first-order valence-corrected chi connectivity index (χ1v) is 11.8. The predicted octanol–water partition coefficient (Wildman–Crippen LogP) is 4.59. The zero-order valence-corrected chi connectivity index (χ0v) is 19.9. The Hall–Kier alpha value is -4.19. The Morgan fingerprint density at radius 2 is 1.63 bits per heavy atom. The molecule has 1 aliphatic rings. The fourth-order valence-electron chi connectivity index (χ4n) is 4.57. The van der Waals surface area contributed by atoms with E-state index >= 15 is 0 Å². The van der Waals surface area contributed by atoms with E-state index in [-0.39, 0.29) is 18.4 Å². The number of amides is 2. The first-order valence-electron chi connectivity index (χ1n) is 11.8. The van der Waals surface area contributed by atoms with E-state index in [4.69, 9.17) is 5.10 Å². The minimum absolute atomic E-state index is 0.202. The van der Waals surface area contributed by atoms with E-state index in [1.165, 1.54) is 0 Å². The van der Waals surface area contributed by atoms with Crippen molar-refractivity contribution in [2.24, 2.45) is 0 Å². The molecule has 0 unspecified atom stereocenters. The van der Waals surface area contributed by atoms with Crippen LogP contribution in [0.4, 0.5) is 0 Å². The molecule has 35 heavy (non-hydrogen) atoms. The summed E-state index contributed by atoms with van der Waals surface area (Å²) in [7, 11) is 0. The lowest BCUT2D eigenvalue weighted by Gasteiger charge is -2.43. The Balaban J connectivity index is 1.51. The molecule has 1 atom stereocenters. The number of hydrogen-bond acceptors (Lipinski definition) is 3. The summed E-state index contributed by atoms with van der Waals surface area (Å²) in [5.41, 5.74) is 4.13. The number of rotatable bonds is 6. The minimum Gasteiger partial charge on any atom is -0.350 e. The van der Waals surface area contributed by atoms with Gasteiger partial charge in [0.05, 0.1) is 12.2 Å². The lowest BCUT2D eigenvalue weighted by atomic mass is 9.93. The Morgan fingerprint density at radius 1 is 0.971 bits per heavy atom. The molecule has 4 aromatic rings. The Bertz CT molecular complexity index is 1360. The quantitative estimate of drug-likeness (QED) is 0.454. The molecule has 1 aromatic heterocycles. The lowest BCUT2D eigenvalue weighted by Crippen LogP contribution is -2.63. The van der Waals surface area contributed by atoms with Gasteiger partial charge in [0.25, 0.3) is 5.91 Å². The molecule has 1 aliphatic heterocycles. The second-order valence-corrected chi connectivity index (χ2v) is 9.20. The third-order valence-corrected chi connectivity index (χ3v) is 6.74. The summed E-state index contributed by atoms with van der Waals surface area (Å²) >= 11 is 0. The SMILES string of the molecule is Cc1ccccc1CN1C(=O)c2cc(-c3ccccc3)nn2C[C@]1(C)C(=O)NCc1ccccc1. The molecule has 0 saturated carbocycles. The molecule has 1 N–H and O–H groups in total. The van der Waals surface area contributed by atoms with Crippen LogP contribution in [0.15, 0.2) is 91.0 Å². The number of fused-ring (bicyclic) bond motifs is 1. The molecule has 5 rings (SSSR count). The third-order valence-electron chi connectivity index (χ3n) is 6.74. The van der Waals surface area contributed by atoms with Crippen molar-refractivity contribution in [3.05, 3.63) is 113 Å². The fraction of sp³-hybridized carbons (Fsp3) is 0.207. The van der Waals surface area contributed by atoms with Crippen molar-refractivity contribution in [3.63, 3.8) is 0 Å². The number of nitrogens with zero attached hydrogens (tertiary/aromatic N) is 3. The maximum absolute atomic E-state index is 13.9. The molecule has 6 heteroatoms. The molecule has 0 aliphatic carbocycles. The maximum atomic E-state index is 13.9. The van der Waals surface area contributed by atoms with E-state index in [9.17, 15) is 9.59 Å². The normalized spacial score (nSPS) is 17.2. The van der Waals surface area contributed by atoms with Crippen LogP contribution in [0.5, 0.6) is 0 Å². The molecule has 176 valence electrons. The number of benzene rings is 3. The predicted molar refractivity (Wildman–Crippen MR) is 135 cm³/mol. The number of aromatic nitrogens is 2. The van der Waals surface area contributed by atoms with Crippen molar-refractivity contribution in [2.45, 2.75) is 39.0 Å². The van der Waals surface area contributed by atoms with Crippen molar-refractivity contribution >= 4 is 11.8 Å². The molecule has 0 saturated heterocycles. The van der Waals surface area contributed by atoms with Crippen molar-refractivity contribution in [1.29, 1.82) is 0 Å². The van der Waals surface area contributed by atoms with Gasteiger partial charge in [0.1, 0.15) is 11.2 Å². The monoisotopic (exact) mass is 464 g/mol. The summed E-state index contributed by atoms with van der Waals surface area (Å²) < 4.78 is 1.68. The van der Waals surface area contributed by atoms with E-state index in [0.29, 0.717) is 18.8 Å². The van der Waals surface area contributed by atoms with Gasteiger partial charge < -0.3 is 10.2 Å². The maximum Gasteiger partial charge on any atom is 0.273 e. The zero-order chi connectivity index (χ0) is 24.4. The van der Waals surface area contributed by atoms with Gasteiger partial charge in [0.2, 0.25) is 5.91 Å². The van der Waals surface area contributed by atoms with Crippen molar-refractivity contribution in [1.82, 2.24) is 20.0 Å². The first kappa shape index (κ1) is 22.6. The highest BCUT2D eigenvalue weighted by molar-refractivity contribution is 6.00. The molecule has 2 amide bonds. The third kappa shape index (κ3) is 4.35. The number of carbonyl (C=O) groups excluding carboxylic acids is 2. The zero-order valence-electron chi connectivity index (χ0n) is 19.9. The fourth-order valence-corrected chi connectivity index (χ4v) is 4.57. The molecule has 0 radical (unpaired) electrons. The molecule has 2 heterocycles. The Morgan fingerprint density at radius 3 is 2.34 bits per heavy atom. The minimum atomic E-state index is -1.11. The second-order valence-electron chi connectivity index (χ2n) is 9.20. The Kier molecular flexibility index (Phi) is 5.95. The van der Waals surface area contributed by atoms with Gasteiger partial charge in [-0.15, -0.1) is 0 Å². The summed E-state index contributed by atoms with van der Waals surface area (Å²) in [5, 5.41) is 7.77. The van der Waals surface area contributed by atoms with Crippen LogP contribution < -0.4 is 5.32 Å². The average molecular weight is 465 g/mol. The number of carbonyl (C=O) groups is 2. The molecule has 0 fully saturated rings. The molecule has 3 aromatic carbocycles. The largest absolute Gasteiger partial charge is 0.350 e. The smallest absolute Gasteiger partial charge is 0.273 e. The second kappa shape index (κ2) is 9.22. The van der Waals surface area contributed by atoms with Crippen molar-refractivity contribution in [2.75, 3.05) is 0 Å². The lowest BCUT2D eigenvalue weighted by molar-refractivity contribution is -0.133. The van der Waals surface area contributed by atoms with Gasteiger partial charge in [-0.25, -0.2) is 0 Å². The van der Waals surface area contributed by atoms with Gasteiger partial charge >= 0.3 is 0 Å². The highest BCUT2D eigenvalue weighted by Crippen LogP contribution is 2.32. The van der Waals surface area contributed by atoms with Gasteiger partial charge in [-0.05, 0) is 36.6 Å². The topological polar surface area (TPSA) is 67.2 Å². The average Bonchev–Trinajstić information content (AvgIpc) is 3.31. The van der Waals surface area contributed by atoms with Crippen molar-refractivity contribution in [3.8, 4) is 11.3 Å². The van der Waals surface area contributed by atoms with Gasteiger partial charge in [-0.2, -0.15) is 5.10 Å². The van der Waals surface area contributed by atoms with E-state index in [1.54, 1.807) is 9.58 Å². The number of nitrogens with one attached hydrogen (secondary N) is 1. The summed E-state index contributed by atoms with van der Waals surface area (Å²) in [6, 6.07) is 29.3. The van der Waals surface area contributed by atoms with Crippen LogP contribution in [0, 0.1) is 6.92 Å².